The number of nitrogens with one attached hydrogen (secondary N) is 1. The normalized spacial score (nSPS) is 20.2. The third-order valence-corrected chi connectivity index (χ3v) is 8.28. The van der Waals surface area contributed by atoms with Gasteiger partial charge >= 0.3 is 0 Å². The maximum atomic E-state index is 14.4. The van der Waals surface area contributed by atoms with Gasteiger partial charge in [-0.2, -0.15) is 5.21 Å². The number of allylic oxidation sites excluding steroid dienone is 4. The molecule has 11 heteroatoms. The van der Waals surface area contributed by atoms with Crippen molar-refractivity contribution in [3.8, 4) is 11.4 Å². The van der Waals surface area contributed by atoms with Crippen molar-refractivity contribution in [2.24, 2.45) is 0 Å². The predicted octanol–water partition coefficient (Wildman–Crippen LogP) is 7.31. The fraction of sp³-hybridized carbons (Fsp3) is 0.231. The monoisotopic (exact) mass is 558 g/mol. The van der Waals surface area contributed by atoms with E-state index in [4.69, 9.17) is 28.2 Å². The Hall–Kier alpha value is -3.01. The van der Waals surface area contributed by atoms with E-state index in [1.54, 1.807) is 30.4 Å². The van der Waals surface area contributed by atoms with Gasteiger partial charge in [0.25, 0.3) is 0 Å². The van der Waals surface area contributed by atoms with E-state index >= 15 is 0 Å². The van der Waals surface area contributed by atoms with Gasteiger partial charge < -0.3 is 4.57 Å². The van der Waals surface area contributed by atoms with E-state index in [1.165, 1.54) is 23.9 Å². The van der Waals surface area contributed by atoms with Gasteiger partial charge in [0.15, 0.2) is 5.16 Å². The molecule has 2 aromatic carbocycles. The van der Waals surface area contributed by atoms with Gasteiger partial charge in [-0.05, 0) is 72.5 Å². The number of hydrogen-bond donors (Lipinski definition) is 1. The Kier molecular flexibility index (Phi) is 7.46. The van der Waals surface area contributed by atoms with E-state index < -0.39 is 11.2 Å². The highest BCUT2D eigenvalue weighted by molar-refractivity contribution is 7.98. The van der Waals surface area contributed by atoms with Crippen LogP contribution in [0.25, 0.3) is 11.4 Å². The van der Waals surface area contributed by atoms with E-state index in [2.05, 4.69) is 32.1 Å². The maximum absolute atomic E-state index is 14.4. The molecule has 0 aliphatic carbocycles. The zero-order valence-corrected chi connectivity index (χ0v) is 22.1. The summed E-state index contributed by atoms with van der Waals surface area (Å²) in [6, 6.07) is 10.4. The summed E-state index contributed by atoms with van der Waals surface area (Å²) in [6.07, 6.45) is 7.92. The number of aromatic amines is 1. The zero-order valence-electron chi connectivity index (χ0n) is 19.8. The Morgan fingerprint density at radius 3 is 2.78 bits per heavy atom. The molecule has 3 heterocycles. The number of hydrogen-bond acceptors (Lipinski definition) is 5. The third kappa shape index (κ3) is 5.35. The summed E-state index contributed by atoms with van der Waals surface area (Å²) >= 11 is 14.1. The number of tetrazole rings is 1. The molecule has 1 atom stereocenters. The second-order valence-electron chi connectivity index (χ2n) is 8.87. The van der Waals surface area contributed by atoms with E-state index in [1.807, 2.05) is 18.3 Å². The Morgan fingerprint density at radius 1 is 1.14 bits per heavy atom. The van der Waals surface area contributed by atoms with Crippen LogP contribution in [0, 0.1) is 5.82 Å². The van der Waals surface area contributed by atoms with Crippen LogP contribution in [-0.4, -0.2) is 30.2 Å². The van der Waals surface area contributed by atoms with Crippen molar-refractivity contribution in [2.45, 2.75) is 42.6 Å². The van der Waals surface area contributed by atoms with Crippen molar-refractivity contribution in [3.63, 3.8) is 0 Å². The third-order valence-electron chi connectivity index (χ3n) is 6.47. The smallest absolute Gasteiger partial charge is 0.207 e. The summed E-state index contributed by atoms with van der Waals surface area (Å²) < 4.78 is 30.8. The lowest BCUT2D eigenvalue weighted by Crippen LogP contribution is -2.27. The van der Waals surface area contributed by atoms with Crippen molar-refractivity contribution in [3.05, 3.63) is 99.3 Å². The van der Waals surface area contributed by atoms with Crippen LogP contribution < -0.4 is 0 Å². The Bertz CT molecular complexity index is 1480. The van der Waals surface area contributed by atoms with Gasteiger partial charge in [-0.1, -0.05) is 53.2 Å². The highest BCUT2D eigenvalue weighted by atomic mass is 35.5. The average molecular weight is 559 g/mol. The van der Waals surface area contributed by atoms with Crippen LogP contribution in [0.2, 0.25) is 10.0 Å². The standard InChI is InChI=1S/C26H22Cl2F2N6S/c1-26(17-7-8-20(27)21(28)13-17)10-2-4-18(29)5-3-11-36-23(26)14-31-25(36)37-15-16-6-9-22(30)19(12-16)24-32-34-35-33-24/h3-9,12-14H,2,10-11,15H2,1H3,(H,32,33,34,35)/b5-3-,18-4+. The van der Waals surface area contributed by atoms with Crippen molar-refractivity contribution < 1.29 is 8.78 Å². The van der Waals surface area contributed by atoms with Gasteiger partial charge in [-0.25, -0.2) is 13.8 Å². The van der Waals surface area contributed by atoms with Gasteiger partial charge in [0.05, 0.1) is 21.8 Å². The average Bonchev–Trinajstić information content (AvgIpc) is 3.56. The summed E-state index contributed by atoms with van der Waals surface area (Å²) in [5.41, 5.74) is 2.61. The number of nitrogens with zero attached hydrogens (tertiary/aromatic N) is 5. The molecule has 0 bridgehead atoms. The summed E-state index contributed by atoms with van der Waals surface area (Å²) in [6.45, 7) is 2.55. The molecule has 0 amide bonds. The Morgan fingerprint density at radius 2 is 2.00 bits per heavy atom. The minimum atomic E-state index is -0.496. The molecule has 1 unspecified atom stereocenters. The molecule has 5 rings (SSSR count). The SMILES string of the molecule is CC1(c2ccc(Cl)c(Cl)c2)CC/C=C(F)\C=C/Cn2c1cnc2SCc1ccc(F)c(-c2nn[nH]n2)c1. The van der Waals surface area contributed by atoms with Crippen LogP contribution in [0.1, 0.15) is 36.6 Å². The van der Waals surface area contributed by atoms with Crippen LogP contribution >= 0.6 is 35.0 Å². The van der Waals surface area contributed by atoms with Crippen LogP contribution in [0.5, 0.6) is 0 Å². The number of fused-ring (bicyclic) bond motifs is 1. The van der Waals surface area contributed by atoms with E-state index in [-0.39, 0.29) is 17.2 Å². The number of imidazole rings is 1. The van der Waals surface area contributed by atoms with Gasteiger partial charge in [0.1, 0.15) is 11.6 Å². The molecule has 0 radical (unpaired) electrons. The van der Waals surface area contributed by atoms with Crippen molar-refractivity contribution in [1.82, 2.24) is 30.2 Å². The Balaban J connectivity index is 1.50. The number of H-pyrrole nitrogens is 1. The van der Waals surface area contributed by atoms with Crippen molar-refractivity contribution in [1.29, 1.82) is 0 Å². The molecule has 2 aromatic heterocycles. The molecular weight excluding hydrogens is 537 g/mol. The molecular formula is C26H22Cl2F2N6S. The predicted molar refractivity (Wildman–Crippen MR) is 142 cm³/mol. The first-order valence-electron chi connectivity index (χ1n) is 11.5. The molecule has 1 aliphatic rings. The molecule has 0 saturated heterocycles. The first-order chi connectivity index (χ1) is 17.8. The summed E-state index contributed by atoms with van der Waals surface area (Å²) in [5, 5.41) is 15.3. The fourth-order valence-corrected chi connectivity index (χ4v) is 5.67. The topological polar surface area (TPSA) is 72.3 Å². The van der Waals surface area contributed by atoms with Crippen molar-refractivity contribution >= 4 is 35.0 Å². The molecule has 4 aromatic rings. The van der Waals surface area contributed by atoms with Crippen LogP contribution in [0.3, 0.4) is 0 Å². The minimum absolute atomic E-state index is 0.195. The van der Waals surface area contributed by atoms with Crippen LogP contribution in [0.4, 0.5) is 8.78 Å². The number of rotatable bonds is 5. The van der Waals surface area contributed by atoms with Crippen molar-refractivity contribution in [2.75, 3.05) is 0 Å². The van der Waals surface area contributed by atoms with Gasteiger partial charge in [-0.15, -0.1) is 10.2 Å². The molecule has 190 valence electrons. The summed E-state index contributed by atoms with van der Waals surface area (Å²) in [4.78, 5) is 4.74. The lowest BCUT2D eigenvalue weighted by atomic mass is 9.75. The molecule has 1 aliphatic heterocycles. The molecule has 6 nitrogen and oxygen atoms in total. The number of benzene rings is 2. The molecule has 0 fully saturated rings. The van der Waals surface area contributed by atoms with E-state index in [0.717, 1.165) is 22.0 Å². The quantitative estimate of drug-likeness (QED) is 0.260. The fourth-order valence-electron chi connectivity index (χ4n) is 4.45. The van der Waals surface area contributed by atoms with Crippen LogP contribution in [0.15, 0.2) is 71.8 Å². The minimum Gasteiger partial charge on any atom is -0.318 e. The lowest BCUT2D eigenvalue weighted by Gasteiger charge is -2.32. The molecule has 0 spiro atoms. The van der Waals surface area contributed by atoms with E-state index in [9.17, 15) is 8.78 Å². The lowest BCUT2D eigenvalue weighted by molar-refractivity contribution is 0.473. The highest BCUT2D eigenvalue weighted by Gasteiger charge is 2.33. The first-order valence-corrected chi connectivity index (χ1v) is 13.3. The second kappa shape index (κ2) is 10.8. The number of halogens is 4. The summed E-state index contributed by atoms with van der Waals surface area (Å²) in [7, 11) is 0. The first kappa shape index (κ1) is 25.6. The highest BCUT2D eigenvalue weighted by Crippen LogP contribution is 2.41. The molecule has 1 N–H and O–H groups in total. The van der Waals surface area contributed by atoms with Gasteiger partial charge in [0.2, 0.25) is 5.82 Å². The maximum Gasteiger partial charge on any atom is 0.207 e. The van der Waals surface area contributed by atoms with Gasteiger partial charge in [-0.3, -0.25) is 0 Å². The zero-order chi connectivity index (χ0) is 26.0. The number of thioether (sulfide) groups is 1. The van der Waals surface area contributed by atoms with E-state index in [0.29, 0.717) is 35.2 Å². The Labute approximate surface area is 226 Å². The second-order valence-corrected chi connectivity index (χ2v) is 10.6. The molecule has 37 heavy (non-hydrogen) atoms. The number of aromatic nitrogens is 6. The largest absolute Gasteiger partial charge is 0.318 e. The van der Waals surface area contributed by atoms with Gasteiger partial charge in [0, 0.05) is 23.4 Å². The molecule has 0 saturated carbocycles. The summed E-state index contributed by atoms with van der Waals surface area (Å²) in [5.74, 6) is 0.0315. The van der Waals surface area contributed by atoms with Crippen LogP contribution in [-0.2, 0) is 17.7 Å².